The SMILES string of the molecule is CC1Oc2ccccc2N(CCC(=O)Nn2cnc3ccccc32)C1=O. The predicted molar refractivity (Wildman–Crippen MR) is 97.6 cm³/mol. The average Bonchev–Trinajstić information content (AvgIpc) is 3.05. The number of fused-ring (bicyclic) bond motifs is 2. The fourth-order valence-electron chi connectivity index (χ4n) is 3.04. The first-order valence-electron chi connectivity index (χ1n) is 8.42. The van der Waals surface area contributed by atoms with E-state index in [0.29, 0.717) is 11.4 Å². The molecule has 2 heterocycles. The smallest absolute Gasteiger partial charge is 0.267 e. The van der Waals surface area contributed by atoms with Crippen LogP contribution >= 0.6 is 0 Å². The van der Waals surface area contributed by atoms with E-state index < -0.39 is 6.10 Å². The molecule has 1 aromatic heterocycles. The lowest BCUT2D eigenvalue weighted by atomic mass is 10.1. The molecule has 26 heavy (non-hydrogen) atoms. The Bertz CT molecular complexity index is 982. The van der Waals surface area contributed by atoms with E-state index in [2.05, 4.69) is 10.4 Å². The molecule has 7 nitrogen and oxygen atoms in total. The highest BCUT2D eigenvalue weighted by Gasteiger charge is 2.31. The summed E-state index contributed by atoms with van der Waals surface area (Å²) in [4.78, 5) is 30.7. The molecule has 2 aromatic carbocycles. The highest BCUT2D eigenvalue weighted by molar-refractivity contribution is 6.00. The first-order valence-corrected chi connectivity index (χ1v) is 8.42. The number of carbonyl (C=O) groups excluding carboxylic acids is 2. The molecule has 7 heteroatoms. The van der Waals surface area contributed by atoms with Gasteiger partial charge in [0, 0.05) is 13.0 Å². The molecule has 1 atom stereocenters. The summed E-state index contributed by atoms with van der Waals surface area (Å²) < 4.78 is 7.20. The van der Waals surface area contributed by atoms with Crippen LogP contribution < -0.4 is 15.1 Å². The van der Waals surface area contributed by atoms with Gasteiger partial charge in [0.05, 0.1) is 16.7 Å². The number of hydrogen-bond donors (Lipinski definition) is 1. The Kier molecular flexibility index (Phi) is 4.04. The minimum Gasteiger partial charge on any atom is -0.479 e. The molecule has 4 rings (SSSR count). The third-order valence-corrected chi connectivity index (χ3v) is 4.33. The molecule has 0 fully saturated rings. The number of amides is 2. The maximum Gasteiger partial charge on any atom is 0.267 e. The largest absolute Gasteiger partial charge is 0.479 e. The zero-order valence-electron chi connectivity index (χ0n) is 14.3. The second-order valence-corrected chi connectivity index (χ2v) is 6.11. The van der Waals surface area contributed by atoms with Crippen LogP contribution in [0.1, 0.15) is 13.3 Å². The lowest BCUT2D eigenvalue weighted by Gasteiger charge is -2.32. The van der Waals surface area contributed by atoms with Gasteiger partial charge >= 0.3 is 0 Å². The van der Waals surface area contributed by atoms with Crippen LogP contribution in [-0.2, 0) is 9.59 Å². The first-order chi connectivity index (χ1) is 12.6. The number of rotatable bonds is 4. The topological polar surface area (TPSA) is 76.5 Å². The van der Waals surface area contributed by atoms with Crippen LogP contribution in [0.5, 0.6) is 5.75 Å². The number of nitrogens with zero attached hydrogens (tertiary/aromatic N) is 3. The number of para-hydroxylation sites is 4. The van der Waals surface area contributed by atoms with Crippen molar-refractivity contribution >= 4 is 28.5 Å². The first kappa shape index (κ1) is 16.1. The van der Waals surface area contributed by atoms with Crippen molar-refractivity contribution in [1.82, 2.24) is 9.66 Å². The Morgan fingerprint density at radius 1 is 1.19 bits per heavy atom. The Hall–Kier alpha value is -3.35. The van der Waals surface area contributed by atoms with Gasteiger partial charge in [0.15, 0.2) is 6.10 Å². The van der Waals surface area contributed by atoms with E-state index in [1.807, 2.05) is 48.5 Å². The quantitative estimate of drug-likeness (QED) is 0.783. The highest BCUT2D eigenvalue weighted by atomic mass is 16.5. The summed E-state index contributed by atoms with van der Waals surface area (Å²) in [6.07, 6.45) is 1.17. The van der Waals surface area contributed by atoms with Crippen molar-refractivity contribution in [3.8, 4) is 5.75 Å². The minimum atomic E-state index is -0.564. The molecule has 1 unspecified atom stereocenters. The lowest BCUT2D eigenvalue weighted by molar-refractivity contribution is -0.125. The molecule has 132 valence electrons. The fraction of sp³-hybridized carbons (Fsp3) is 0.211. The van der Waals surface area contributed by atoms with Crippen LogP contribution in [0.15, 0.2) is 54.9 Å². The zero-order valence-corrected chi connectivity index (χ0v) is 14.3. The molecule has 0 bridgehead atoms. The van der Waals surface area contributed by atoms with Gasteiger partial charge in [-0.1, -0.05) is 24.3 Å². The van der Waals surface area contributed by atoms with Gasteiger partial charge in [-0.2, -0.15) is 0 Å². The number of carbonyl (C=O) groups is 2. The van der Waals surface area contributed by atoms with Gasteiger partial charge in [-0.3, -0.25) is 15.0 Å². The summed E-state index contributed by atoms with van der Waals surface area (Å²) in [6, 6.07) is 14.9. The van der Waals surface area contributed by atoms with Gasteiger partial charge in [0.1, 0.15) is 12.1 Å². The van der Waals surface area contributed by atoms with E-state index in [4.69, 9.17) is 4.74 Å². The molecule has 0 saturated heterocycles. The second-order valence-electron chi connectivity index (χ2n) is 6.11. The monoisotopic (exact) mass is 350 g/mol. The summed E-state index contributed by atoms with van der Waals surface area (Å²) >= 11 is 0. The minimum absolute atomic E-state index is 0.149. The summed E-state index contributed by atoms with van der Waals surface area (Å²) in [6.45, 7) is 1.99. The average molecular weight is 350 g/mol. The van der Waals surface area contributed by atoms with E-state index in [-0.39, 0.29) is 24.8 Å². The number of imidazole rings is 1. The van der Waals surface area contributed by atoms with Crippen LogP contribution in [0.3, 0.4) is 0 Å². The van der Waals surface area contributed by atoms with Crippen molar-refractivity contribution in [2.24, 2.45) is 0 Å². The normalized spacial score (nSPS) is 16.3. The Morgan fingerprint density at radius 3 is 2.85 bits per heavy atom. The summed E-state index contributed by atoms with van der Waals surface area (Å²) in [5.74, 6) is 0.308. The Labute approximate surface area is 150 Å². The Balaban J connectivity index is 1.47. The Morgan fingerprint density at radius 2 is 1.96 bits per heavy atom. The van der Waals surface area contributed by atoms with Gasteiger partial charge < -0.3 is 9.64 Å². The number of aromatic nitrogens is 2. The molecule has 2 amide bonds. The van der Waals surface area contributed by atoms with Crippen molar-refractivity contribution in [2.75, 3.05) is 16.9 Å². The molecule has 1 N–H and O–H groups in total. The molecule has 1 aliphatic heterocycles. The highest BCUT2D eigenvalue weighted by Crippen LogP contribution is 2.33. The van der Waals surface area contributed by atoms with E-state index in [9.17, 15) is 9.59 Å². The molecule has 1 aliphatic rings. The van der Waals surface area contributed by atoms with Crippen molar-refractivity contribution in [1.29, 1.82) is 0 Å². The maximum atomic E-state index is 12.4. The molecule has 3 aromatic rings. The van der Waals surface area contributed by atoms with E-state index >= 15 is 0 Å². The standard InChI is InChI=1S/C19H18N4O3/c1-13-19(25)22(16-8-4-5-9-17(16)26-13)11-10-18(24)21-23-12-20-14-6-2-3-7-15(14)23/h2-9,12-13H,10-11H2,1H3,(H,21,24). The molecule has 0 saturated carbocycles. The molecular formula is C19H18N4O3. The zero-order chi connectivity index (χ0) is 18.1. The van der Waals surface area contributed by atoms with Gasteiger partial charge in [-0.05, 0) is 31.2 Å². The van der Waals surface area contributed by atoms with Crippen LogP contribution in [0.25, 0.3) is 11.0 Å². The number of hydrogen-bond acceptors (Lipinski definition) is 4. The van der Waals surface area contributed by atoms with Crippen molar-refractivity contribution in [3.05, 3.63) is 54.9 Å². The number of nitrogens with one attached hydrogen (secondary N) is 1. The summed E-state index contributed by atoms with van der Waals surface area (Å²) in [7, 11) is 0. The maximum absolute atomic E-state index is 12.4. The van der Waals surface area contributed by atoms with Crippen LogP contribution in [0, 0.1) is 0 Å². The van der Waals surface area contributed by atoms with Crippen LogP contribution in [0.4, 0.5) is 5.69 Å². The number of ether oxygens (including phenoxy) is 1. The van der Waals surface area contributed by atoms with Crippen molar-refractivity contribution in [2.45, 2.75) is 19.4 Å². The lowest BCUT2D eigenvalue weighted by Crippen LogP contribution is -2.45. The van der Waals surface area contributed by atoms with Gasteiger partial charge in [-0.15, -0.1) is 0 Å². The van der Waals surface area contributed by atoms with Gasteiger partial charge in [-0.25, -0.2) is 9.66 Å². The molecular weight excluding hydrogens is 332 g/mol. The molecule has 0 spiro atoms. The third kappa shape index (κ3) is 2.88. The molecule has 0 radical (unpaired) electrons. The van der Waals surface area contributed by atoms with E-state index in [1.165, 1.54) is 0 Å². The number of benzene rings is 2. The van der Waals surface area contributed by atoms with Crippen molar-refractivity contribution in [3.63, 3.8) is 0 Å². The van der Waals surface area contributed by atoms with Crippen LogP contribution in [-0.4, -0.2) is 34.1 Å². The van der Waals surface area contributed by atoms with E-state index in [0.717, 1.165) is 11.0 Å². The number of anilines is 1. The van der Waals surface area contributed by atoms with Gasteiger partial charge in [0.2, 0.25) is 5.91 Å². The second kappa shape index (κ2) is 6.51. The van der Waals surface area contributed by atoms with Gasteiger partial charge in [0.25, 0.3) is 5.91 Å². The van der Waals surface area contributed by atoms with E-state index in [1.54, 1.807) is 22.8 Å². The fourth-order valence-corrected chi connectivity index (χ4v) is 3.04. The van der Waals surface area contributed by atoms with Crippen LogP contribution in [0.2, 0.25) is 0 Å². The predicted octanol–water partition coefficient (Wildman–Crippen LogP) is 2.31. The summed E-state index contributed by atoms with van der Waals surface area (Å²) in [5, 5.41) is 0. The molecule has 0 aliphatic carbocycles. The van der Waals surface area contributed by atoms with Crippen molar-refractivity contribution < 1.29 is 14.3 Å². The summed E-state index contributed by atoms with van der Waals surface area (Å²) in [5.41, 5.74) is 5.12. The third-order valence-electron chi connectivity index (χ3n) is 4.33.